The van der Waals surface area contributed by atoms with Crippen LogP contribution in [0.4, 0.5) is 5.88 Å². The van der Waals surface area contributed by atoms with E-state index in [1.54, 1.807) is 18.2 Å². The predicted molar refractivity (Wildman–Crippen MR) is 94.6 cm³/mol. The first-order valence-corrected chi connectivity index (χ1v) is 8.90. The van der Waals surface area contributed by atoms with Crippen LogP contribution in [0.25, 0.3) is 17.2 Å². The normalized spacial score (nSPS) is 15.5. The third-order valence-corrected chi connectivity index (χ3v) is 4.74. The van der Waals surface area contributed by atoms with Gasteiger partial charge >= 0.3 is 0 Å². The Kier molecular flexibility index (Phi) is 4.68. The number of carbonyl (C=O) groups is 1. The van der Waals surface area contributed by atoms with Crippen molar-refractivity contribution in [1.82, 2.24) is 4.98 Å². The average Bonchev–Trinajstić information content (AvgIpc) is 3.28. The van der Waals surface area contributed by atoms with Gasteiger partial charge in [-0.1, -0.05) is 12.1 Å². The number of oxazole rings is 1. The Morgan fingerprint density at radius 2 is 1.96 bits per heavy atom. The molecule has 0 atom stereocenters. The van der Waals surface area contributed by atoms with E-state index in [1.165, 1.54) is 6.08 Å². The number of hydrogen-bond acceptors (Lipinski definition) is 8. The molecule has 0 unspecified atom stereocenters. The number of furan rings is 1. The van der Waals surface area contributed by atoms with E-state index in [9.17, 15) is 9.90 Å². The minimum absolute atomic E-state index is 0.0422. The summed E-state index contributed by atoms with van der Waals surface area (Å²) in [7, 11) is 0. The lowest BCUT2D eigenvalue weighted by molar-refractivity contribution is -0.298. The highest BCUT2D eigenvalue weighted by molar-refractivity contribution is 8.03. The number of ether oxygens (including phenoxy) is 1. The zero-order valence-electron chi connectivity index (χ0n) is 13.7. The minimum atomic E-state index is -1.32. The van der Waals surface area contributed by atoms with Crippen LogP contribution in [0.2, 0.25) is 0 Å². The van der Waals surface area contributed by atoms with Crippen LogP contribution in [-0.4, -0.2) is 37.3 Å². The standard InChI is InChI=1S/C18H16N2O5S/c21-17(22)15(26-18-19-13-3-1-2-4-14(13)25-18)11-12-5-6-16(24-12)20-7-9-23-10-8-20/h1-6,11H,7-10H2,(H,21,22)/p-1/b15-11+. The molecule has 4 rings (SSSR count). The van der Waals surface area contributed by atoms with Crippen LogP contribution in [-0.2, 0) is 9.53 Å². The second-order valence-corrected chi connectivity index (χ2v) is 6.61. The Bertz CT molecular complexity index is 922. The lowest BCUT2D eigenvalue weighted by Crippen LogP contribution is -2.35. The predicted octanol–water partition coefficient (Wildman–Crippen LogP) is 2.14. The number of anilines is 1. The van der Waals surface area contributed by atoms with Gasteiger partial charge in [0, 0.05) is 24.1 Å². The van der Waals surface area contributed by atoms with E-state index in [-0.39, 0.29) is 10.1 Å². The first-order chi connectivity index (χ1) is 12.7. The van der Waals surface area contributed by atoms with Gasteiger partial charge in [0.15, 0.2) is 11.5 Å². The number of benzene rings is 1. The topological polar surface area (TPSA) is 91.8 Å². The van der Waals surface area contributed by atoms with Gasteiger partial charge in [0.2, 0.25) is 0 Å². The number of carboxylic acid groups (broad SMARTS) is 1. The highest BCUT2D eigenvalue weighted by Gasteiger charge is 2.15. The highest BCUT2D eigenvalue weighted by atomic mass is 32.2. The van der Waals surface area contributed by atoms with Crippen molar-refractivity contribution >= 4 is 40.8 Å². The van der Waals surface area contributed by atoms with Crippen molar-refractivity contribution in [1.29, 1.82) is 0 Å². The number of aliphatic carboxylic acids is 1. The third kappa shape index (κ3) is 3.61. The van der Waals surface area contributed by atoms with Gasteiger partial charge < -0.3 is 28.4 Å². The van der Waals surface area contributed by atoms with Crippen LogP contribution in [0.15, 0.2) is 55.4 Å². The maximum Gasteiger partial charge on any atom is 0.261 e. The molecule has 0 N–H and O–H groups in total. The molecule has 0 amide bonds. The molecule has 8 heteroatoms. The second-order valence-electron chi connectivity index (χ2n) is 5.62. The van der Waals surface area contributed by atoms with E-state index in [4.69, 9.17) is 13.6 Å². The van der Waals surface area contributed by atoms with Gasteiger partial charge in [-0.15, -0.1) is 0 Å². The Hall–Kier alpha value is -2.71. The van der Waals surface area contributed by atoms with Crippen LogP contribution in [0.5, 0.6) is 0 Å². The van der Waals surface area contributed by atoms with Crippen molar-refractivity contribution in [2.45, 2.75) is 5.22 Å². The molecule has 1 saturated heterocycles. The fourth-order valence-electron chi connectivity index (χ4n) is 2.62. The van der Waals surface area contributed by atoms with Gasteiger partial charge in [0.05, 0.1) is 19.2 Å². The molecule has 26 heavy (non-hydrogen) atoms. The fourth-order valence-corrected chi connectivity index (χ4v) is 3.34. The van der Waals surface area contributed by atoms with Crippen molar-refractivity contribution < 1.29 is 23.5 Å². The minimum Gasteiger partial charge on any atom is -0.544 e. The Labute approximate surface area is 153 Å². The number of thioether (sulfide) groups is 1. The molecule has 1 aromatic carbocycles. The van der Waals surface area contributed by atoms with E-state index in [0.717, 1.165) is 24.9 Å². The molecule has 3 aromatic rings. The molecule has 3 heterocycles. The van der Waals surface area contributed by atoms with E-state index in [1.807, 2.05) is 23.1 Å². The number of rotatable bonds is 5. The molecular formula is C18H15N2O5S-. The number of fused-ring (bicyclic) bond motifs is 1. The molecule has 0 aliphatic carbocycles. The monoisotopic (exact) mass is 371 g/mol. The summed E-state index contributed by atoms with van der Waals surface area (Å²) < 4.78 is 16.6. The highest BCUT2D eigenvalue weighted by Crippen LogP contribution is 2.31. The summed E-state index contributed by atoms with van der Waals surface area (Å²) in [4.78, 5) is 17.8. The molecule has 1 aliphatic heterocycles. The van der Waals surface area contributed by atoms with E-state index >= 15 is 0 Å². The molecule has 1 aliphatic rings. The molecule has 0 bridgehead atoms. The largest absolute Gasteiger partial charge is 0.544 e. The number of carbonyl (C=O) groups excluding carboxylic acids is 1. The number of nitrogens with zero attached hydrogens (tertiary/aromatic N) is 2. The summed E-state index contributed by atoms with van der Waals surface area (Å²) in [5.74, 6) is -0.208. The fraction of sp³-hybridized carbons (Fsp3) is 0.222. The number of hydrogen-bond donors (Lipinski definition) is 0. The van der Waals surface area contributed by atoms with Gasteiger partial charge in [-0.25, -0.2) is 4.98 Å². The van der Waals surface area contributed by atoms with E-state index < -0.39 is 5.97 Å². The molecule has 2 aromatic heterocycles. The van der Waals surface area contributed by atoms with Crippen molar-refractivity contribution in [2.75, 3.05) is 31.2 Å². The lowest BCUT2D eigenvalue weighted by Gasteiger charge is -2.26. The lowest BCUT2D eigenvalue weighted by atomic mass is 10.3. The van der Waals surface area contributed by atoms with Crippen LogP contribution in [0, 0.1) is 0 Å². The molecule has 0 spiro atoms. The maximum atomic E-state index is 11.5. The summed E-state index contributed by atoms with van der Waals surface area (Å²) in [5, 5.41) is 11.7. The van der Waals surface area contributed by atoms with E-state index in [0.29, 0.717) is 36.0 Å². The first kappa shape index (κ1) is 16.7. The average molecular weight is 371 g/mol. The van der Waals surface area contributed by atoms with Crippen molar-refractivity contribution in [3.63, 3.8) is 0 Å². The zero-order chi connectivity index (χ0) is 17.9. The zero-order valence-corrected chi connectivity index (χ0v) is 14.5. The van der Waals surface area contributed by atoms with Gasteiger partial charge in [-0.2, -0.15) is 0 Å². The second kappa shape index (κ2) is 7.27. The number of para-hydroxylation sites is 2. The first-order valence-electron chi connectivity index (χ1n) is 8.08. The molecule has 1 fully saturated rings. The maximum absolute atomic E-state index is 11.5. The van der Waals surface area contributed by atoms with Crippen LogP contribution in [0.3, 0.4) is 0 Å². The molecular weight excluding hydrogens is 356 g/mol. The Balaban J connectivity index is 1.55. The Morgan fingerprint density at radius 3 is 2.73 bits per heavy atom. The summed E-state index contributed by atoms with van der Waals surface area (Å²) in [5.41, 5.74) is 1.26. The summed E-state index contributed by atoms with van der Waals surface area (Å²) in [6.45, 7) is 2.76. The summed E-state index contributed by atoms with van der Waals surface area (Å²) in [6.07, 6.45) is 1.42. The van der Waals surface area contributed by atoms with E-state index in [2.05, 4.69) is 4.98 Å². The SMILES string of the molecule is O=C([O-])/C(=C\c1ccc(N2CCOCC2)o1)Sc1nc2ccccc2o1. The molecule has 7 nitrogen and oxygen atoms in total. The van der Waals surface area contributed by atoms with Gasteiger partial charge in [0.1, 0.15) is 11.3 Å². The number of morpholine rings is 1. The number of aromatic nitrogens is 1. The molecule has 134 valence electrons. The third-order valence-electron chi connectivity index (χ3n) is 3.88. The quantitative estimate of drug-likeness (QED) is 0.498. The van der Waals surface area contributed by atoms with Crippen molar-refractivity contribution in [2.24, 2.45) is 0 Å². The van der Waals surface area contributed by atoms with Gasteiger partial charge in [-0.3, -0.25) is 0 Å². The van der Waals surface area contributed by atoms with Gasteiger partial charge in [-0.05, 0) is 36.0 Å². The molecule has 0 radical (unpaired) electrons. The summed E-state index contributed by atoms with van der Waals surface area (Å²) >= 11 is 0.890. The Morgan fingerprint density at radius 1 is 1.15 bits per heavy atom. The van der Waals surface area contributed by atoms with Crippen molar-refractivity contribution in [3.05, 3.63) is 47.1 Å². The van der Waals surface area contributed by atoms with Crippen LogP contribution < -0.4 is 10.0 Å². The number of carboxylic acids is 1. The summed E-state index contributed by atoms with van der Waals surface area (Å²) in [6, 6.07) is 10.8. The van der Waals surface area contributed by atoms with Crippen LogP contribution >= 0.6 is 11.8 Å². The molecule has 0 saturated carbocycles. The van der Waals surface area contributed by atoms with Crippen LogP contribution in [0.1, 0.15) is 5.76 Å². The smallest absolute Gasteiger partial charge is 0.261 e. The van der Waals surface area contributed by atoms with Crippen molar-refractivity contribution in [3.8, 4) is 0 Å². The van der Waals surface area contributed by atoms with Gasteiger partial charge in [0.25, 0.3) is 5.22 Å².